The third-order valence-corrected chi connectivity index (χ3v) is 5.43. The molecule has 2 aromatic heterocycles. The molecule has 4 rings (SSSR count). The maximum Gasteiger partial charge on any atom is 0.311 e. The Kier molecular flexibility index (Phi) is 6.80. The first-order valence-electron chi connectivity index (χ1n) is 9.99. The van der Waals surface area contributed by atoms with Crippen LogP contribution in [0.5, 0.6) is 5.75 Å². The molecule has 2 aromatic carbocycles. The maximum atomic E-state index is 12.6. The van der Waals surface area contributed by atoms with Crippen molar-refractivity contribution in [1.29, 1.82) is 0 Å². The van der Waals surface area contributed by atoms with E-state index in [1.165, 1.54) is 29.1 Å². The number of benzene rings is 2. The smallest absolute Gasteiger partial charge is 0.311 e. The van der Waals surface area contributed by atoms with Crippen molar-refractivity contribution in [2.24, 2.45) is 0 Å². The lowest BCUT2D eigenvalue weighted by Gasteiger charge is -2.07. The van der Waals surface area contributed by atoms with Crippen LogP contribution in [0.2, 0.25) is 10.0 Å². The summed E-state index contributed by atoms with van der Waals surface area (Å²) in [7, 11) is 0. The monoisotopic (exact) mass is 500 g/mol. The van der Waals surface area contributed by atoms with Crippen molar-refractivity contribution < 1.29 is 14.5 Å². The molecule has 0 radical (unpaired) electrons. The average molecular weight is 501 g/mol. The number of anilines is 1. The van der Waals surface area contributed by atoms with Gasteiger partial charge in [-0.15, -0.1) is 0 Å². The summed E-state index contributed by atoms with van der Waals surface area (Å²) < 4.78 is 8.55. The van der Waals surface area contributed by atoms with Gasteiger partial charge in [0, 0.05) is 34.1 Å². The van der Waals surface area contributed by atoms with Gasteiger partial charge in [0.05, 0.1) is 11.5 Å². The molecule has 10 nitrogen and oxygen atoms in total. The van der Waals surface area contributed by atoms with Crippen molar-refractivity contribution in [3.05, 3.63) is 97.9 Å². The summed E-state index contributed by atoms with van der Waals surface area (Å²) >= 11 is 12.2. The Morgan fingerprint density at radius 1 is 1.15 bits per heavy atom. The zero-order valence-corrected chi connectivity index (χ0v) is 19.3. The van der Waals surface area contributed by atoms with Crippen LogP contribution in [0.4, 0.5) is 11.5 Å². The van der Waals surface area contributed by atoms with Crippen molar-refractivity contribution in [2.75, 3.05) is 5.32 Å². The number of aryl methyl sites for hydroxylation is 1. The molecule has 4 aromatic rings. The number of nitrogens with zero attached hydrogens (tertiary/aromatic N) is 5. The van der Waals surface area contributed by atoms with Gasteiger partial charge in [-0.2, -0.15) is 10.2 Å². The number of halogens is 2. The van der Waals surface area contributed by atoms with Gasteiger partial charge in [-0.3, -0.25) is 19.6 Å². The Balaban J connectivity index is 1.39. The highest BCUT2D eigenvalue weighted by molar-refractivity contribution is 6.35. The van der Waals surface area contributed by atoms with Crippen LogP contribution in [0.15, 0.2) is 60.8 Å². The van der Waals surface area contributed by atoms with E-state index in [2.05, 4.69) is 15.5 Å². The lowest BCUT2D eigenvalue weighted by Crippen LogP contribution is -2.15. The molecule has 0 spiro atoms. The van der Waals surface area contributed by atoms with Crippen molar-refractivity contribution in [3.8, 4) is 5.75 Å². The van der Waals surface area contributed by atoms with Crippen molar-refractivity contribution in [1.82, 2.24) is 19.6 Å². The number of hydrogen-bond acceptors (Lipinski definition) is 6. The van der Waals surface area contributed by atoms with Crippen LogP contribution in [0.25, 0.3) is 0 Å². The molecule has 0 aliphatic heterocycles. The number of amides is 1. The van der Waals surface area contributed by atoms with E-state index in [1.807, 2.05) is 13.0 Å². The minimum Gasteiger partial charge on any atom is -0.464 e. The zero-order valence-electron chi connectivity index (χ0n) is 17.8. The number of para-hydroxylation sites is 2. The number of rotatable bonds is 8. The minimum atomic E-state index is -0.528. The van der Waals surface area contributed by atoms with Crippen LogP contribution < -0.4 is 10.1 Å². The topological polar surface area (TPSA) is 117 Å². The predicted octanol–water partition coefficient (Wildman–Crippen LogP) is 4.94. The van der Waals surface area contributed by atoms with E-state index >= 15 is 0 Å². The number of carbonyl (C=O) groups is 1. The second-order valence-electron chi connectivity index (χ2n) is 7.26. The van der Waals surface area contributed by atoms with E-state index in [4.69, 9.17) is 27.9 Å². The van der Waals surface area contributed by atoms with Gasteiger partial charge in [0.2, 0.25) is 0 Å². The summed E-state index contributed by atoms with van der Waals surface area (Å²) in [6.07, 6.45) is 1.54. The number of ether oxygens (including phenoxy) is 1. The van der Waals surface area contributed by atoms with E-state index in [9.17, 15) is 14.9 Å². The second kappa shape index (κ2) is 9.94. The molecule has 2 heterocycles. The maximum absolute atomic E-state index is 12.6. The Morgan fingerprint density at radius 2 is 1.94 bits per heavy atom. The van der Waals surface area contributed by atoms with E-state index in [0.717, 1.165) is 11.3 Å². The van der Waals surface area contributed by atoms with Crippen molar-refractivity contribution in [2.45, 2.75) is 20.2 Å². The molecular weight excluding hydrogens is 483 g/mol. The molecule has 1 N–H and O–H groups in total. The summed E-state index contributed by atoms with van der Waals surface area (Å²) in [6.45, 7) is 2.17. The molecule has 0 unspecified atom stereocenters. The van der Waals surface area contributed by atoms with Crippen molar-refractivity contribution in [3.63, 3.8) is 0 Å². The normalized spacial score (nSPS) is 10.8. The molecule has 34 heavy (non-hydrogen) atoms. The van der Waals surface area contributed by atoms with E-state index < -0.39 is 10.8 Å². The molecule has 0 saturated heterocycles. The zero-order chi connectivity index (χ0) is 24.2. The molecule has 1 amide bonds. The van der Waals surface area contributed by atoms with Gasteiger partial charge in [0.15, 0.2) is 24.0 Å². The molecular formula is C22H18Cl2N6O4. The van der Waals surface area contributed by atoms with Crippen LogP contribution in [-0.4, -0.2) is 30.4 Å². The fraction of sp³-hybridized carbons (Fsp3) is 0.136. The molecule has 12 heteroatoms. The summed E-state index contributed by atoms with van der Waals surface area (Å²) in [5.41, 5.74) is 1.65. The van der Waals surface area contributed by atoms with Crippen LogP contribution in [0, 0.1) is 17.0 Å². The molecule has 0 bridgehead atoms. The van der Waals surface area contributed by atoms with Crippen LogP contribution >= 0.6 is 23.2 Å². The van der Waals surface area contributed by atoms with E-state index in [-0.39, 0.29) is 23.9 Å². The number of nitro benzene ring substituents is 1. The van der Waals surface area contributed by atoms with Gasteiger partial charge in [-0.05, 0) is 36.8 Å². The van der Waals surface area contributed by atoms with Gasteiger partial charge in [-0.1, -0.05) is 41.4 Å². The van der Waals surface area contributed by atoms with E-state index in [1.54, 1.807) is 35.0 Å². The number of nitrogens with one attached hydrogen (secondary N) is 1. The minimum absolute atomic E-state index is 0.103. The SMILES string of the molecule is Cc1cc(NC(=O)c2ccn(COc3ccccc3[N+](=O)[O-])n2)nn1Cc1ccc(Cl)cc1Cl. The van der Waals surface area contributed by atoms with Gasteiger partial charge in [0.25, 0.3) is 5.91 Å². The number of nitro groups is 1. The Hall–Kier alpha value is -3.89. The highest BCUT2D eigenvalue weighted by Crippen LogP contribution is 2.26. The largest absolute Gasteiger partial charge is 0.464 e. The Bertz CT molecular complexity index is 1370. The first-order chi connectivity index (χ1) is 16.3. The van der Waals surface area contributed by atoms with Crippen LogP contribution in [0.3, 0.4) is 0 Å². The van der Waals surface area contributed by atoms with Crippen molar-refractivity contribution >= 4 is 40.6 Å². The highest BCUT2D eigenvalue weighted by atomic mass is 35.5. The lowest BCUT2D eigenvalue weighted by molar-refractivity contribution is -0.386. The van der Waals surface area contributed by atoms with Crippen LogP contribution in [-0.2, 0) is 13.3 Å². The molecule has 0 fully saturated rings. The fourth-order valence-electron chi connectivity index (χ4n) is 3.14. The molecule has 0 aliphatic carbocycles. The summed E-state index contributed by atoms with van der Waals surface area (Å²) in [6, 6.07) is 14.5. The lowest BCUT2D eigenvalue weighted by atomic mass is 10.2. The third-order valence-electron chi connectivity index (χ3n) is 4.85. The average Bonchev–Trinajstić information content (AvgIpc) is 3.41. The molecule has 0 atom stereocenters. The van der Waals surface area contributed by atoms with Gasteiger partial charge in [-0.25, -0.2) is 4.68 Å². The first kappa shape index (κ1) is 23.3. The fourth-order valence-corrected chi connectivity index (χ4v) is 3.61. The standard InChI is InChI=1S/C22H18Cl2N6O4/c1-14-10-21(27-29(14)12-15-6-7-16(23)11-17(15)24)25-22(31)18-8-9-28(26-18)13-34-20-5-3-2-4-19(20)30(32)33/h2-11H,12-13H2,1H3,(H,25,27,31). The van der Waals surface area contributed by atoms with Crippen LogP contribution in [0.1, 0.15) is 21.7 Å². The molecule has 0 aliphatic rings. The Labute approximate surface area is 203 Å². The highest BCUT2D eigenvalue weighted by Gasteiger charge is 2.16. The number of hydrogen-bond donors (Lipinski definition) is 1. The van der Waals surface area contributed by atoms with E-state index in [0.29, 0.717) is 22.4 Å². The quantitative estimate of drug-likeness (QED) is 0.270. The third kappa shape index (κ3) is 5.36. The number of aromatic nitrogens is 4. The summed E-state index contributed by atoms with van der Waals surface area (Å²) in [5, 5.41) is 23.4. The number of carbonyl (C=O) groups excluding carboxylic acids is 1. The second-order valence-corrected chi connectivity index (χ2v) is 8.10. The Morgan fingerprint density at radius 3 is 2.71 bits per heavy atom. The molecule has 0 saturated carbocycles. The summed E-state index contributed by atoms with van der Waals surface area (Å²) in [5.74, 6) is 0.00715. The first-order valence-corrected chi connectivity index (χ1v) is 10.7. The summed E-state index contributed by atoms with van der Waals surface area (Å²) in [4.78, 5) is 23.2. The molecule has 174 valence electrons. The predicted molar refractivity (Wildman–Crippen MR) is 126 cm³/mol. The van der Waals surface area contributed by atoms with Gasteiger partial charge in [0.1, 0.15) is 0 Å². The van der Waals surface area contributed by atoms with Gasteiger partial charge < -0.3 is 10.1 Å². The van der Waals surface area contributed by atoms with Gasteiger partial charge >= 0.3 is 5.69 Å².